The van der Waals surface area contributed by atoms with E-state index in [4.69, 9.17) is 23.8 Å². The number of fused-ring (bicyclic) bond motifs is 1. The van der Waals surface area contributed by atoms with Gasteiger partial charge in [-0.15, -0.1) is 22.0 Å². The summed E-state index contributed by atoms with van der Waals surface area (Å²) in [6, 6.07) is 23.1. The fraction of sp³-hybridized carbons (Fsp3) is 0.0870. The molecule has 8 heteroatoms. The Kier molecular flexibility index (Phi) is 6.56. The Morgan fingerprint density at radius 1 is 1.10 bits per heavy atom. The van der Waals surface area contributed by atoms with Gasteiger partial charge >= 0.3 is 0 Å². The van der Waals surface area contributed by atoms with Crippen LogP contribution in [0, 0.1) is 0 Å². The highest BCUT2D eigenvalue weighted by molar-refractivity contribution is 7.98. The first-order valence-corrected chi connectivity index (χ1v) is 11.5. The van der Waals surface area contributed by atoms with Crippen molar-refractivity contribution < 1.29 is 5.11 Å². The fourth-order valence-corrected chi connectivity index (χ4v) is 3.99. The van der Waals surface area contributed by atoms with Crippen molar-refractivity contribution in [2.45, 2.75) is 11.4 Å². The van der Waals surface area contributed by atoms with Gasteiger partial charge in [-0.1, -0.05) is 48.0 Å². The van der Waals surface area contributed by atoms with Crippen LogP contribution in [0.4, 0.5) is 11.4 Å². The van der Waals surface area contributed by atoms with E-state index in [9.17, 15) is 5.11 Å². The summed E-state index contributed by atoms with van der Waals surface area (Å²) in [6.07, 6.45) is 2.01. The summed E-state index contributed by atoms with van der Waals surface area (Å²) in [4.78, 5) is 1.12. The van der Waals surface area contributed by atoms with Crippen molar-refractivity contribution in [3.8, 4) is 5.88 Å². The first-order chi connectivity index (χ1) is 15.0. The molecule has 0 unspecified atom stereocenters. The van der Waals surface area contributed by atoms with Gasteiger partial charge in [-0.25, -0.2) is 0 Å². The number of hydrogen-bond acceptors (Lipinski definition) is 4. The summed E-state index contributed by atoms with van der Waals surface area (Å²) in [5.74, 6) is 0.0343. The molecule has 3 aromatic carbocycles. The van der Waals surface area contributed by atoms with Gasteiger partial charge in [0.2, 0.25) is 11.0 Å². The number of azo groups is 1. The lowest BCUT2D eigenvalue weighted by atomic mass is 10.2. The van der Waals surface area contributed by atoms with Crippen LogP contribution in [-0.2, 0) is 6.54 Å². The number of rotatable bonds is 5. The number of aromatic hydroxyl groups is 1. The summed E-state index contributed by atoms with van der Waals surface area (Å²) in [5, 5.41) is 24.1. The summed E-state index contributed by atoms with van der Waals surface area (Å²) in [7, 11) is 0. The van der Waals surface area contributed by atoms with Crippen LogP contribution in [0.3, 0.4) is 0 Å². The Balaban J connectivity index is 1.62. The first kappa shape index (κ1) is 21.4. The van der Waals surface area contributed by atoms with Crippen LogP contribution in [-0.4, -0.2) is 21.0 Å². The normalized spacial score (nSPS) is 11.3. The Morgan fingerprint density at radius 2 is 1.87 bits per heavy atom. The molecule has 2 N–H and O–H groups in total. The third kappa shape index (κ3) is 4.90. The maximum Gasteiger partial charge on any atom is 0.221 e. The zero-order chi connectivity index (χ0) is 21.8. The van der Waals surface area contributed by atoms with Gasteiger partial charge in [0, 0.05) is 21.0 Å². The predicted octanol–water partition coefficient (Wildman–Crippen LogP) is 7.25. The van der Waals surface area contributed by atoms with Crippen molar-refractivity contribution >= 4 is 63.0 Å². The van der Waals surface area contributed by atoms with Crippen molar-refractivity contribution in [3.05, 3.63) is 83.4 Å². The number of benzene rings is 3. The van der Waals surface area contributed by atoms with E-state index in [0.29, 0.717) is 17.3 Å². The van der Waals surface area contributed by atoms with Gasteiger partial charge in [0.05, 0.1) is 12.1 Å². The quantitative estimate of drug-likeness (QED) is 0.185. The van der Waals surface area contributed by atoms with Crippen molar-refractivity contribution in [1.29, 1.82) is 0 Å². The molecule has 0 bridgehead atoms. The van der Waals surface area contributed by atoms with Crippen molar-refractivity contribution in [2.24, 2.45) is 10.2 Å². The molecule has 0 atom stereocenters. The van der Waals surface area contributed by atoms with Crippen LogP contribution in [0.1, 0.15) is 5.56 Å². The van der Waals surface area contributed by atoms with Gasteiger partial charge in [0.25, 0.3) is 0 Å². The molecule has 4 rings (SSSR count). The van der Waals surface area contributed by atoms with E-state index in [1.54, 1.807) is 16.3 Å². The number of hydrogen-bond donors (Lipinski definition) is 2. The first-order valence-electron chi connectivity index (χ1n) is 9.46. The van der Waals surface area contributed by atoms with E-state index in [-0.39, 0.29) is 11.0 Å². The molecule has 0 radical (unpaired) electrons. The Bertz CT molecular complexity index is 1270. The number of nitrogens with one attached hydrogen (secondary N) is 1. The van der Waals surface area contributed by atoms with Crippen molar-refractivity contribution in [1.82, 2.24) is 4.57 Å². The standard InChI is InChI=1S/C23H19ClN4OS2/c1-31-18-6-4-5-17(13-18)25-23(30)27-26-21-19-7-2-3-8-20(19)28(22(21)29)14-15-9-11-16(24)12-10-15/h2-13,29H,14H2,1H3,(H,25,30). The molecule has 0 fully saturated rings. The molecule has 0 aliphatic heterocycles. The lowest BCUT2D eigenvalue weighted by Crippen LogP contribution is -2.04. The highest BCUT2D eigenvalue weighted by Crippen LogP contribution is 2.39. The molecule has 5 nitrogen and oxygen atoms in total. The van der Waals surface area contributed by atoms with Crippen LogP contribution in [0.2, 0.25) is 5.02 Å². The van der Waals surface area contributed by atoms with E-state index < -0.39 is 0 Å². The molecule has 0 saturated carbocycles. The van der Waals surface area contributed by atoms with Gasteiger partial charge in [0.15, 0.2) is 5.69 Å². The molecular weight excluding hydrogens is 448 g/mol. The predicted molar refractivity (Wildman–Crippen MR) is 133 cm³/mol. The smallest absolute Gasteiger partial charge is 0.221 e. The molecule has 0 aliphatic carbocycles. The number of aromatic nitrogens is 1. The highest BCUT2D eigenvalue weighted by Gasteiger charge is 2.16. The molecule has 1 heterocycles. The van der Waals surface area contributed by atoms with Crippen LogP contribution >= 0.6 is 35.6 Å². The lowest BCUT2D eigenvalue weighted by Gasteiger charge is -2.07. The van der Waals surface area contributed by atoms with E-state index >= 15 is 0 Å². The maximum atomic E-state index is 10.9. The van der Waals surface area contributed by atoms with Crippen LogP contribution in [0.5, 0.6) is 5.88 Å². The second-order valence-electron chi connectivity index (χ2n) is 6.76. The average molecular weight is 467 g/mol. The van der Waals surface area contributed by atoms with Gasteiger partial charge in [0.1, 0.15) is 0 Å². The molecule has 1 aromatic heterocycles. The van der Waals surface area contributed by atoms with E-state index in [0.717, 1.165) is 27.0 Å². The number of thiocarbonyl (C=S) groups is 1. The fourth-order valence-electron chi connectivity index (χ4n) is 3.25. The SMILES string of the molecule is CSc1cccc(NC(=S)N=Nc2c(O)n(Cc3ccc(Cl)cc3)c3ccccc23)c1. The van der Waals surface area contributed by atoms with Gasteiger partial charge < -0.3 is 15.0 Å². The maximum absolute atomic E-state index is 10.9. The van der Waals surface area contributed by atoms with Gasteiger partial charge in [-0.2, -0.15) is 0 Å². The Labute approximate surface area is 194 Å². The van der Waals surface area contributed by atoms with Crippen LogP contribution in [0.15, 0.2) is 87.9 Å². The minimum atomic E-state index is 0.0343. The zero-order valence-electron chi connectivity index (χ0n) is 16.6. The number of halogens is 1. The molecule has 156 valence electrons. The number of thioether (sulfide) groups is 1. The number of anilines is 1. The molecule has 31 heavy (non-hydrogen) atoms. The molecule has 0 spiro atoms. The third-order valence-electron chi connectivity index (χ3n) is 4.73. The van der Waals surface area contributed by atoms with Gasteiger partial charge in [-0.3, -0.25) is 0 Å². The van der Waals surface area contributed by atoms with E-state index in [2.05, 4.69) is 15.5 Å². The van der Waals surface area contributed by atoms with E-state index in [1.165, 1.54) is 0 Å². The average Bonchev–Trinajstić information content (AvgIpc) is 3.05. The monoisotopic (exact) mass is 466 g/mol. The molecular formula is C23H19ClN4OS2. The topological polar surface area (TPSA) is 61.9 Å². The van der Waals surface area contributed by atoms with Gasteiger partial charge in [-0.05, 0) is 60.4 Å². The summed E-state index contributed by atoms with van der Waals surface area (Å²) >= 11 is 13.0. The van der Waals surface area contributed by atoms with Crippen molar-refractivity contribution in [2.75, 3.05) is 11.6 Å². The minimum Gasteiger partial charge on any atom is -0.493 e. The second kappa shape index (κ2) is 9.51. The summed E-state index contributed by atoms with van der Waals surface area (Å²) in [5.41, 5.74) is 3.09. The summed E-state index contributed by atoms with van der Waals surface area (Å²) in [6.45, 7) is 0.475. The molecule has 4 aromatic rings. The van der Waals surface area contributed by atoms with Crippen LogP contribution < -0.4 is 5.32 Å². The minimum absolute atomic E-state index is 0.0343. The third-order valence-corrected chi connectivity index (χ3v) is 5.89. The molecule has 0 amide bonds. The number of para-hydroxylation sites is 1. The van der Waals surface area contributed by atoms with Crippen LogP contribution in [0.25, 0.3) is 10.9 Å². The zero-order valence-corrected chi connectivity index (χ0v) is 19.0. The van der Waals surface area contributed by atoms with Crippen molar-refractivity contribution in [3.63, 3.8) is 0 Å². The lowest BCUT2D eigenvalue weighted by molar-refractivity contribution is 0.429. The summed E-state index contributed by atoms with van der Waals surface area (Å²) < 4.78 is 1.80. The van der Waals surface area contributed by atoms with E-state index in [1.807, 2.05) is 79.1 Å². The molecule has 0 saturated heterocycles. The number of nitrogens with zero attached hydrogens (tertiary/aromatic N) is 3. The largest absolute Gasteiger partial charge is 0.493 e. The second-order valence-corrected chi connectivity index (χ2v) is 8.47. The highest BCUT2D eigenvalue weighted by atomic mass is 35.5. The molecule has 0 aliphatic rings. The Hall–Kier alpha value is -2.87. The Morgan fingerprint density at radius 3 is 2.65 bits per heavy atom.